The standard InChI is InChI=1S/C46H46N6O7/c1-29(2)28-58-35-19-32(23-47-25-35)27-52(26-31-12-15-39-33(18-31)24-48-51(39)3)17-16-30-10-13-34(14-11-30)49-45(54)37-20-42(56-4)43(57-5)21-38(37)50-46(55)44-22-40(53)36-8-6-7-9-41(36)59-44/h6-15,18-25,29H,16-17,26-28H2,1-5H3,(H,49,54)(H,50,55). The van der Waals surface area contributed by atoms with Crippen LogP contribution in [0.1, 0.15) is 51.5 Å². The van der Waals surface area contributed by atoms with Crippen LogP contribution in [0.4, 0.5) is 11.4 Å². The Balaban J connectivity index is 1.06. The number of fused-ring (bicyclic) bond motifs is 2. The topological polar surface area (TPSA) is 150 Å². The maximum Gasteiger partial charge on any atom is 0.291 e. The van der Waals surface area contributed by atoms with Crippen LogP contribution in [0.5, 0.6) is 17.2 Å². The second-order valence-electron chi connectivity index (χ2n) is 14.7. The van der Waals surface area contributed by atoms with E-state index in [1.54, 1.807) is 30.5 Å². The highest BCUT2D eigenvalue weighted by Crippen LogP contribution is 2.34. The number of para-hydroxylation sites is 1. The Labute approximate surface area is 341 Å². The summed E-state index contributed by atoms with van der Waals surface area (Å²) in [4.78, 5) is 46.8. The number of aryl methyl sites for hydroxylation is 1. The van der Waals surface area contributed by atoms with Gasteiger partial charge in [-0.2, -0.15) is 5.10 Å². The average Bonchev–Trinajstić information content (AvgIpc) is 3.61. The number of pyridine rings is 1. The Morgan fingerprint density at radius 2 is 1.56 bits per heavy atom. The fourth-order valence-electron chi connectivity index (χ4n) is 6.74. The highest BCUT2D eigenvalue weighted by atomic mass is 16.5. The van der Waals surface area contributed by atoms with E-state index in [2.05, 4.69) is 63.7 Å². The number of rotatable bonds is 16. The molecule has 2 N–H and O–H groups in total. The fourth-order valence-corrected chi connectivity index (χ4v) is 6.74. The fraction of sp³-hybridized carbons (Fsp3) is 0.239. The molecule has 0 unspecified atom stereocenters. The number of carbonyl (C=O) groups excluding carboxylic acids is 2. The van der Waals surface area contributed by atoms with E-state index >= 15 is 0 Å². The molecular weight excluding hydrogens is 749 g/mol. The number of nitrogens with zero attached hydrogens (tertiary/aromatic N) is 4. The molecule has 4 aromatic carbocycles. The van der Waals surface area contributed by atoms with E-state index in [-0.39, 0.29) is 28.0 Å². The van der Waals surface area contributed by atoms with Crippen LogP contribution in [-0.4, -0.2) is 58.8 Å². The monoisotopic (exact) mass is 794 g/mol. The minimum Gasteiger partial charge on any atom is -0.493 e. The quantitative estimate of drug-likeness (QED) is 0.0990. The van der Waals surface area contributed by atoms with Gasteiger partial charge in [0.2, 0.25) is 0 Å². The lowest BCUT2D eigenvalue weighted by molar-refractivity contribution is 0.0997. The van der Waals surface area contributed by atoms with Crippen molar-refractivity contribution in [2.45, 2.75) is 33.4 Å². The molecule has 0 atom stereocenters. The summed E-state index contributed by atoms with van der Waals surface area (Å²) < 4.78 is 24.5. The molecule has 7 aromatic rings. The third kappa shape index (κ3) is 9.77. The third-order valence-corrected chi connectivity index (χ3v) is 9.78. The van der Waals surface area contributed by atoms with E-state index in [1.807, 2.05) is 48.4 Å². The van der Waals surface area contributed by atoms with E-state index in [1.165, 1.54) is 31.9 Å². The first-order valence-corrected chi connectivity index (χ1v) is 19.3. The molecule has 13 nitrogen and oxygen atoms in total. The first-order valence-electron chi connectivity index (χ1n) is 19.3. The Kier molecular flexibility index (Phi) is 12.3. The number of aromatic nitrogens is 3. The van der Waals surface area contributed by atoms with Crippen LogP contribution >= 0.6 is 0 Å². The zero-order chi connectivity index (χ0) is 41.5. The molecule has 0 aliphatic rings. The maximum atomic E-state index is 13.8. The minimum absolute atomic E-state index is 0.108. The molecule has 0 aliphatic heterocycles. The van der Waals surface area contributed by atoms with Crippen molar-refractivity contribution in [1.82, 2.24) is 19.7 Å². The van der Waals surface area contributed by atoms with Gasteiger partial charge < -0.3 is 29.3 Å². The van der Waals surface area contributed by atoms with Crippen LogP contribution in [0.15, 0.2) is 119 Å². The number of amides is 2. The molecule has 0 spiro atoms. The molecule has 13 heteroatoms. The molecule has 302 valence electrons. The summed E-state index contributed by atoms with van der Waals surface area (Å²) in [5, 5.41) is 11.5. The number of ether oxygens (including phenoxy) is 3. The second-order valence-corrected chi connectivity index (χ2v) is 14.7. The van der Waals surface area contributed by atoms with Crippen LogP contribution in [0.3, 0.4) is 0 Å². The minimum atomic E-state index is -0.714. The molecule has 0 saturated carbocycles. The van der Waals surface area contributed by atoms with Gasteiger partial charge in [-0.15, -0.1) is 0 Å². The van der Waals surface area contributed by atoms with Crippen molar-refractivity contribution in [1.29, 1.82) is 0 Å². The first kappa shape index (κ1) is 40.2. The van der Waals surface area contributed by atoms with Gasteiger partial charge in [-0.05, 0) is 77.6 Å². The summed E-state index contributed by atoms with van der Waals surface area (Å²) in [5.41, 5.74) is 5.09. The van der Waals surface area contributed by atoms with Crippen LogP contribution < -0.4 is 30.3 Å². The lowest BCUT2D eigenvalue weighted by Gasteiger charge is -2.23. The predicted octanol–water partition coefficient (Wildman–Crippen LogP) is 7.88. The van der Waals surface area contributed by atoms with Crippen molar-refractivity contribution in [2.75, 3.05) is 38.0 Å². The molecule has 59 heavy (non-hydrogen) atoms. The van der Waals surface area contributed by atoms with Crippen LogP contribution in [0.25, 0.3) is 21.9 Å². The Morgan fingerprint density at radius 1 is 0.814 bits per heavy atom. The summed E-state index contributed by atoms with van der Waals surface area (Å²) in [6.07, 6.45) is 6.27. The lowest BCUT2D eigenvalue weighted by atomic mass is 10.1. The van der Waals surface area contributed by atoms with Crippen molar-refractivity contribution in [3.05, 3.63) is 148 Å². The number of carbonyl (C=O) groups is 2. The zero-order valence-corrected chi connectivity index (χ0v) is 33.7. The van der Waals surface area contributed by atoms with Gasteiger partial charge in [0.25, 0.3) is 11.8 Å². The van der Waals surface area contributed by atoms with Gasteiger partial charge in [0.1, 0.15) is 11.3 Å². The van der Waals surface area contributed by atoms with Crippen molar-refractivity contribution >= 4 is 45.1 Å². The van der Waals surface area contributed by atoms with Crippen molar-refractivity contribution in [2.24, 2.45) is 13.0 Å². The number of methoxy groups -OCH3 is 2. The maximum absolute atomic E-state index is 13.8. The zero-order valence-electron chi connectivity index (χ0n) is 33.7. The van der Waals surface area contributed by atoms with E-state index in [4.69, 9.17) is 18.6 Å². The van der Waals surface area contributed by atoms with E-state index in [0.29, 0.717) is 48.2 Å². The van der Waals surface area contributed by atoms with Crippen LogP contribution in [0.2, 0.25) is 0 Å². The number of hydrogen-bond acceptors (Lipinski definition) is 10. The van der Waals surface area contributed by atoms with Crippen molar-refractivity contribution in [3.8, 4) is 17.2 Å². The summed E-state index contributed by atoms with van der Waals surface area (Å²) in [5.74, 6) is 0.317. The van der Waals surface area contributed by atoms with Gasteiger partial charge in [-0.3, -0.25) is 28.9 Å². The summed E-state index contributed by atoms with van der Waals surface area (Å²) in [7, 11) is 4.85. The third-order valence-electron chi connectivity index (χ3n) is 9.78. The predicted molar refractivity (Wildman–Crippen MR) is 227 cm³/mol. The van der Waals surface area contributed by atoms with Crippen molar-refractivity contribution < 1.29 is 28.2 Å². The summed E-state index contributed by atoms with van der Waals surface area (Å²) in [6.45, 7) is 6.99. The highest BCUT2D eigenvalue weighted by Gasteiger charge is 2.21. The molecule has 7 rings (SSSR count). The SMILES string of the molecule is COc1cc(NC(=O)c2cc(=O)c3ccccc3o2)c(C(=O)Nc2ccc(CCN(Cc3cncc(OCC(C)C)c3)Cc3ccc4c(cnn4C)c3)cc2)cc1OC. The van der Waals surface area contributed by atoms with E-state index in [0.717, 1.165) is 46.8 Å². The summed E-state index contributed by atoms with van der Waals surface area (Å²) in [6, 6.07) is 26.9. The highest BCUT2D eigenvalue weighted by molar-refractivity contribution is 6.12. The summed E-state index contributed by atoms with van der Waals surface area (Å²) >= 11 is 0. The molecular formula is C46H46N6O7. The molecule has 0 bridgehead atoms. The van der Waals surface area contributed by atoms with Crippen LogP contribution in [0, 0.1) is 5.92 Å². The molecule has 0 fully saturated rings. The molecule has 2 amide bonds. The van der Waals surface area contributed by atoms with Gasteiger partial charge >= 0.3 is 0 Å². The second kappa shape index (κ2) is 18.1. The Morgan fingerprint density at radius 3 is 2.34 bits per heavy atom. The van der Waals surface area contributed by atoms with Gasteiger partial charge in [0.15, 0.2) is 22.7 Å². The Bertz CT molecular complexity index is 2670. The molecule has 0 radical (unpaired) electrons. The smallest absolute Gasteiger partial charge is 0.291 e. The molecule has 3 aromatic heterocycles. The lowest BCUT2D eigenvalue weighted by Crippen LogP contribution is -2.25. The molecule has 3 heterocycles. The van der Waals surface area contributed by atoms with Gasteiger partial charge in [0.05, 0.1) is 55.4 Å². The normalized spacial score (nSPS) is 11.3. The van der Waals surface area contributed by atoms with Gasteiger partial charge in [0, 0.05) is 56.1 Å². The van der Waals surface area contributed by atoms with E-state index < -0.39 is 11.8 Å². The molecule has 0 aliphatic carbocycles. The van der Waals surface area contributed by atoms with Crippen LogP contribution in [-0.2, 0) is 26.6 Å². The largest absolute Gasteiger partial charge is 0.493 e. The van der Waals surface area contributed by atoms with Crippen molar-refractivity contribution in [3.63, 3.8) is 0 Å². The first-order chi connectivity index (χ1) is 28.6. The average molecular weight is 795 g/mol. The number of hydrogen-bond donors (Lipinski definition) is 2. The number of anilines is 2. The number of benzene rings is 4. The molecule has 0 saturated heterocycles. The van der Waals surface area contributed by atoms with Gasteiger partial charge in [-0.25, -0.2) is 0 Å². The van der Waals surface area contributed by atoms with Gasteiger partial charge in [-0.1, -0.05) is 44.2 Å². The van der Waals surface area contributed by atoms with E-state index in [9.17, 15) is 14.4 Å². The number of nitrogens with one attached hydrogen (secondary N) is 2. The Hall–Kier alpha value is -6.99.